The molecule has 0 aliphatic carbocycles. The summed E-state index contributed by atoms with van der Waals surface area (Å²) in [4.78, 5) is 24.5. The van der Waals surface area contributed by atoms with Gasteiger partial charge < -0.3 is 20.3 Å². The molecule has 2 unspecified atom stereocenters. The molecule has 2 atom stereocenters. The quantitative estimate of drug-likeness (QED) is 0.0322. The van der Waals surface area contributed by atoms with Crippen molar-refractivity contribution in [1.29, 1.82) is 0 Å². The van der Waals surface area contributed by atoms with E-state index < -0.39 is 12.1 Å². The van der Waals surface area contributed by atoms with Crippen molar-refractivity contribution < 1.29 is 24.5 Å². The standard InChI is InChI=1S/C55H105NO5/c1-3-5-7-9-11-13-15-17-19-20-21-23-24-27-31-35-39-43-47-53(58)52(51-57)56-54(59)48-44-40-36-32-28-26-30-34-38-42-46-50-61-55(60)49-45-41-37-33-29-25-22-18-16-14-12-10-8-6-4-2/h18,22,30,34,52-53,57-58H,3-17,19-21,23-29,31-33,35-51H2,1-2H3,(H,56,59)/b22-18-,34-30-. The Hall–Kier alpha value is -1.66. The molecule has 0 bridgehead atoms. The van der Waals surface area contributed by atoms with E-state index in [2.05, 4.69) is 43.5 Å². The molecule has 0 heterocycles. The minimum absolute atomic E-state index is 0.0388. The lowest BCUT2D eigenvalue weighted by atomic mass is 10.0. The van der Waals surface area contributed by atoms with Crippen molar-refractivity contribution in [3.8, 4) is 0 Å². The number of hydrogen-bond acceptors (Lipinski definition) is 5. The first-order valence-corrected chi connectivity index (χ1v) is 27.1. The first-order valence-electron chi connectivity index (χ1n) is 27.1. The fourth-order valence-corrected chi connectivity index (χ4v) is 8.28. The topological polar surface area (TPSA) is 95.9 Å². The number of hydrogen-bond donors (Lipinski definition) is 3. The molecule has 1 amide bonds. The Morgan fingerprint density at radius 1 is 0.443 bits per heavy atom. The Bertz CT molecular complexity index is 951. The number of ether oxygens (including phenoxy) is 1. The molecule has 0 aromatic rings. The zero-order chi connectivity index (χ0) is 44.4. The maximum Gasteiger partial charge on any atom is 0.305 e. The summed E-state index contributed by atoms with van der Waals surface area (Å²) in [6.07, 6.45) is 60.1. The number of nitrogens with one attached hydrogen (secondary N) is 1. The van der Waals surface area contributed by atoms with E-state index in [0.717, 1.165) is 83.5 Å². The van der Waals surface area contributed by atoms with Crippen LogP contribution in [-0.2, 0) is 14.3 Å². The highest BCUT2D eigenvalue weighted by atomic mass is 16.5. The summed E-state index contributed by atoms with van der Waals surface area (Å²) >= 11 is 0. The van der Waals surface area contributed by atoms with E-state index in [1.54, 1.807) is 0 Å². The Labute approximate surface area is 380 Å². The lowest BCUT2D eigenvalue weighted by Gasteiger charge is -2.22. The van der Waals surface area contributed by atoms with Gasteiger partial charge in [-0.3, -0.25) is 9.59 Å². The lowest BCUT2D eigenvalue weighted by molar-refractivity contribution is -0.143. The molecule has 61 heavy (non-hydrogen) atoms. The smallest absolute Gasteiger partial charge is 0.305 e. The van der Waals surface area contributed by atoms with Crippen LogP contribution in [0, 0.1) is 0 Å². The number of carbonyl (C=O) groups excluding carboxylic acids is 2. The Balaban J connectivity index is 3.52. The zero-order valence-corrected chi connectivity index (χ0v) is 40.9. The molecule has 0 aliphatic rings. The molecule has 0 saturated heterocycles. The second-order valence-electron chi connectivity index (χ2n) is 18.6. The third-order valence-electron chi connectivity index (χ3n) is 12.5. The molecule has 0 aliphatic heterocycles. The minimum Gasteiger partial charge on any atom is -0.466 e. The number of unbranched alkanes of at least 4 members (excludes halogenated alkanes) is 35. The molecule has 6 heteroatoms. The van der Waals surface area contributed by atoms with Crippen LogP contribution in [-0.4, -0.2) is 47.4 Å². The van der Waals surface area contributed by atoms with E-state index in [1.165, 1.54) is 173 Å². The van der Waals surface area contributed by atoms with E-state index in [1.807, 2.05) is 0 Å². The van der Waals surface area contributed by atoms with Crippen LogP contribution in [0.25, 0.3) is 0 Å². The molecule has 3 N–H and O–H groups in total. The van der Waals surface area contributed by atoms with Gasteiger partial charge in [0, 0.05) is 12.8 Å². The summed E-state index contributed by atoms with van der Waals surface area (Å²) < 4.78 is 5.43. The third kappa shape index (κ3) is 47.7. The van der Waals surface area contributed by atoms with Crippen molar-refractivity contribution in [2.75, 3.05) is 13.2 Å². The van der Waals surface area contributed by atoms with E-state index in [-0.39, 0.29) is 18.5 Å². The van der Waals surface area contributed by atoms with Gasteiger partial charge in [0.25, 0.3) is 0 Å². The maximum absolute atomic E-state index is 12.5. The van der Waals surface area contributed by atoms with Crippen molar-refractivity contribution in [2.24, 2.45) is 0 Å². The first-order chi connectivity index (χ1) is 30.0. The predicted octanol–water partition coefficient (Wildman–Crippen LogP) is 16.3. The molecule has 0 aromatic carbocycles. The van der Waals surface area contributed by atoms with Crippen LogP contribution in [0.3, 0.4) is 0 Å². The summed E-state index contributed by atoms with van der Waals surface area (Å²) in [6, 6.07) is -0.563. The molecule has 360 valence electrons. The largest absolute Gasteiger partial charge is 0.466 e. The minimum atomic E-state index is -0.683. The number of amides is 1. The van der Waals surface area contributed by atoms with Crippen molar-refractivity contribution in [1.82, 2.24) is 5.32 Å². The molecule has 0 radical (unpaired) electrons. The fraction of sp³-hybridized carbons (Fsp3) is 0.891. The third-order valence-corrected chi connectivity index (χ3v) is 12.5. The Morgan fingerprint density at radius 3 is 1.16 bits per heavy atom. The van der Waals surface area contributed by atoms with Gasteiger partial charge in [-0.25, -0.2) is 0 Å². The molecule has 0 fully saturated rings. The van der Waals surface area contributed by atoms with Crippen LogP contribution in [0.4, 0.5) is 0 Å². The SMILES string of the molecule is CCCCCCCC/C=C\CCCCCCCC(=O)OCCCC/C=C\CCCCCCCC(=O)NC(CO)C(O)CCCCCCCCCCCCCCCCCCCC. The molecular formula is C55H105NO5. The number of allylic oxidation sites excluding steroid dienone is 4. The highest BCUT2D eigenvalue weighted by Crippen LogP contribution is 2.16. The number of esters is 1. The van der Waals surface area contributed by atoms with E-state index >= 15 is 0 Å². The molecule has 0 aromatic heterocycles. The van der Waals surface area contributed by atoms with E-state index in [0.29, 0.717) is 25.9 Å². The highest BCUT2D eigenvalue weighted by Gasteiger charge is 2.20. The normalized spacial score (nSPS) is 12.8. The summed E-state index contributed by atoms with van der Waals surface area (Å²) in [5.74, 6) is -0.102. The monoisotopic (exact) mass is 860 g/mol. The zero-order valence-electron chi connectivity index (χ0n) is 40.9. The first kappa shape index (κ1) is 59.3. The highest BCUT2D eigenvalue weighted by molar-refractivity contribution is 5.76. The fourth-order valence-electron chi connectivity index (χ4n) is 8.28. The number of rotatable bonds is 50. The van der Waals surface area contributed by atoms with E-state index in [4.69, 9.17) is 4.74 Å². The van der Waals surface area contributed by atoms with Gasteiger partial charge in [-0.1, -0.05) is 224 Å². The average molecular weight is 860 g/mol. The van der Waals surface area contributed by atoms with Gasteiger partial charge in [0.2, 0.25) is 5.91 Å². The summed E-state index contributed by atoms with van der Waals surface area (Å²) in [6.45, 7) is 4.88. The number of aliphatic hydroxyl groups is 2. The van der Waals surface area contributed by atoms with Gasteiger partial charge >= 0.3 is 5.97 Å². The maximum atomic E-state index is 12.5. The summed E-state index contributed by atoms with van der Waals surface area (Å²) in [5.41, 5.74) is 0. The molecule has 0 rings (SSSR count). The van der Waals surface area contributed by atoms with E-state index in [9.17, 15) is 19.8 Å². The van der Waals surface area contributed by atoms with Gasteiger partial charge in [0.1, 0.15) is 0 Å². The summed E-state index contributed by atoms with van der Waals surface area (Å²) in [5, 5.41) is 23.3. The predicted molar refractivity (Wildman–Crippen MR) is 264 cm³/mol. The van der Waals surface area contributed by atoms with Crippen LogP contribution in [0.15, 0.2) is 24.3 Å². The van der Waals surface area contributed by atoms with Crippen LogP contribution < -0.4 is 5.32 Å². The molecule has 0 spiro atoms. The second kappa shape index (κ2) is 51.0. The Morgan fingerprint density at radius 2 is 0.770 bits per heavy atom. The van der Waals surface area contributed by atoms with Crippen molar-refractivity contribution in [2.45, 2.75) is 302 Å². The number of aliphatic hydroxyl groups excluding tert-OH is 2. The van der Waals surface area contributed by atoms with Gasteiger partial charge in [-0.2, -0.15) is 0 Å². The van der Waals surface area contributed by atoms with Crippen molar-refractivity contribution in [3.05, 3.63) is 24.3 Å². The summed E-state index contributed by atoms with van der Waals surface area (Å²) in [7, 11) is 0. The second-order valence-corrected chi connectivity index (χ2v) is 18.6. The van der Waals surface area contributed by atoms with Gasteiger partial charge in [-0.05, 0) is 77.0 Å². The van der Waals surface area contributed by atoms with Gasteiger partial charge in [0.05, 0.1) is 25.4 Å². The van der Waals surface area contributed by atoms with Gasteiger partial charge in [0.15, 0.2) is 0 Å². The van der Waals surface area contributed by atoms with Crippen LogP contribution in [0.1, 0.15) is 290 Å². The lowest BCUT2D eigenvalue weighted by Crippen LogP contribution is -2.45. The van der Waals surface area contributed by atoms with Crippen LogP contribution >= 0.6 is 0 Å². The molecule has 6 nitrogen and oxygen atoms in total. The van der Waals surface area contributed by atoms with Gasteiger partial charge in [-0.15, -0.1) is 0 Å². The average Bonchev–Trinajstić information content (AvgIpc) is 3.26. The Kier molecular flexibility index (Phi) is 49.6. The van der Waals surface area contributed by atoms with Crippen molar-refractivity contribution >= 4 is 11.9 Å². The van der Waals surface area contributed by atoms with Crippen LogP contribution in [0.5, 0.6) is 0 Å². The van der Waals surface area contributed by atoms with Crippen molar-refractivity contribution in [3.63, 3.8) is 0 Å². The number of carbonyl (C=O) groups is 2. The van der Waals surface area contributed by atoms with Crippen LogP contribution in [0.2, 0.25) is 0 Å². The molecular weight excluding hydrogens is 755 g/mol. The molecule has 0 saturated carbocycles.